The Morgan fingerprint density at radius 2 is 1.94 bits per heavy atom. The van der Waals surface area contributed by atoms with E-state index in [2.05, 4.69) is 23.3 Å². The molecular weight excluding hydrogens is 487 g/mol. The van der Waals surface area contributed by atoms with Crippen molar-refractivity contribution in [3.63, 3.8) is 0 Å². The highest BCUT2D eigenvalue weighted by Crippen LogP contribution is 2.31. The van der Waals surface area contributed by atoms with Crippen molar-refractivity contribution >= 4 is 17.0 Å². The van der Waals surface area contributed by atoms with Gasteiger partial charge in [0.25, 0.3) is 0 Å². The molecule has 1 heterocycles. The lowest BCUT2D eigenvalue weighted by atomic mass is 10.0. The van der Waals surface area contributed by atoms with Gasteiger partial charge in [0.1, 0.15) is 12.0 Å². The minimum atomic E-state index is -0.352. The number of aromatic nitrogens is 1. The number of oxazole rings is 1. The maximum absolute atomic E-state index is 14.3. The van der Waals surface area contributed by atoms with Crippen molar-refractivity contribution in [1.29, 1.82) is 0 Å². The molecule has 0 bridgehead atoms. The van der Waals surface area contributed by atoms with E-state index in [0.717, 1.165) is 53.9 Å². The molecule has 0 atom stereocenters. The van der Waals surface area contributed by atoms with Gasteiger partial charge in [-0.25, -0.2) is 9.37 Å². The molecule has 1 N–H and O–H groups in total. The van der Waals surface area contributed by atoms with E-state index in [1.165, 1.54) is 11.6 Å². The van der Waals surface area contributed by atoms with Crippen LogP contribution >= 0.6 is 17.0 Å². The van der Waals surface area contributed by atoms with E-state index in [-0.39, 0.29) is 28.5 Å². The summed E-state index contributed by atoms with van der Waals surface area (Å²) in [4.78, 5) is 4.61. The lowest BCUT2D eigenvalue weighted by Crippen LogP contribution is -2.12. The number of halogens is 2. The molecule has 180 valence electrons. The number of nitrogens with zero attached hydrogens (tertiary/aromatic N) is 1. The van der Waals surface area contributed by atoms with Crippen molar-refractivity contribution in [2.45, 2.75) is 53.0 Å². The summed E-state index contributed by atoms with van der Waals surface area (Å²) < 4.78 is 31.2. The zero-order chi connectivity index (χ0) is 22.9. The number of unbranched alkanes of at least 4 members (excludes halogenated alkanes) is 1. The Balaban J connectivity index is 0.00000385. The van der Waals surface area contributed by atoms with Crippen LogP contribution in [0.3, 0.4) is 0 Å². The molecule has 33 heavy (non-hydrogen) atoms. The quantitative estimate of drug-likeness (QED) is 0.297. The van der Waals surface area contributed by atoms with Gasteiger partial charge < -0.3 is 19.2 Å². The number of benzene rings is 2. The van der Waals surface area contributed by atoms with E-state index in [1.807, 2.05) is 26.0 Å². The zero-order valence-corrected chi connectivity index (χ0v) is 21.6. The van der Waals surface area contributed by atoms with Gasteiger partial charge in [-0.1, -0.05) is 26.3 Å². The summed E-state index contributed by atoms with van der Waals surface area (Å²) >= 11 is 0. The smallest absolute Gasteiger partial charge is 0.226 e. The van der Waals surface area contributed by atoms with Crippen LogP contribution in [0.15, 0.2) is 41.0 Å². The average Bonchev–Trinajstić information content (AvgIpc) is 3.26. The van der Waals surface area contributed by atoms with E-state index >= 15 is 0 Å². The van der Waals surface area contributed by atoms with Crippen LogP contribution in [0.2, 0.25) is 0 Å². The first-order valence-electron chi connectivity index (χ1n) is 11.3. The second-order valence-electron chi connectivity index (χ2n) is 7.88. The van der Waals surface area contributed by atoms with Gasteiger partial charge in [-0.2, -0.15) is 0 Å². The fraction of sp³-hybridized carbons (Fsp3) is 0.423. The second kappa shape index (κ2) is 13.4. The Labute approximate surface area is 206 Å². The topological polar surface area (TPSA) is 56.5 Å². The van der Waals surface area contributed by atoms with Gasteiger partial charge in [-0.05, 0) is 67.3 Å². The maximum Gasteiger partial charge on any atom is 0.226 e. The number of nitrogens with one attached hydrogen (secondary N) is 1. The molecule has 0 fully saturated rings. The standard InChI is InChI=1S/C26H33FN2O3.BrH/c1-5-7-8-20-15-21(13-18(3)25(20)30-4)26-29-22(17-32-26)11-12-31-24-10-9-19(14-23(24)27)16-28-6-2;/h9-10,13-15,17,28H,5-8,11-12,16H2,1-4H3;1H. The Bertz CT molecular complexity index is 1020. The number of methoxy groups -OCH3 is 1. The molecule has 2 aromatic carbocycles. The van der Waals surface area contributed by atoms with Crippen LogP contribution < -0.4 is 14.8 Å². The molecule has 1 aromatic heterocycles. The highest BCUT2D eigenvalue weighted by atomic mass is 79.9. The summed E-state index contributed by atoms with van der Waals surface area (Å²) in [7, 11) is 1.71. The molecule has 3 rings (SSSR count). The predicted octanol–water partition coefficient (Wildman–Crippen LogP) is 6.45. The van der Waals surface area contributed by atoms with E-state index in [4.69, 9.17) is 13.9 Å². The Morgan fingerprint density at radius 1 is 1.12 bits per heavy atom. The van der Waals surface area contributed by atoms with Crippen LogP contribution in [0.4, 0.5) is 4.39 Å². The normalized spacial score (nSPS) is 10.7. The van der Waals surface area contributed by atoms with Gasteiger partial charge in [0.05, 0.1) is 19.4 Å². The van der Waals surface area contributed by atoms with Crippen LogP contribution in [0.1, 0.15) is 49.1 Å². The van der Waals surface area contributed by atoms with Crippen LogP contribution in [0, 0.1) is 12.7 Å². The summed E-state index contributed by atoms with van der Waals surface area (Å²) in [6.07, 6.45) is 5.34. The van der Waals surface area contributed by atoms with Gasteiger partial charge >= 0.3 is 0 Å². The largest absolute Gasteiger partial charge is 0.496 e. The van der Waals surface area contributed by atoms with Gasteiger partial charge in [-0.3, -0.25) is 0 Å². The lowest BCUT2D eigenvalue weighted by molar-refractivity contribution is 0.303. The van der Waals surface area contributed by atoms with Crippen LogP contribution in [-0.4, -0.2) is 25.2 Å². The van der Waals surface area contributed by atoms with E-state index < -0.39 is 0 Å². The van der Waals surface area contributed by atoms with Crippen molar-refractivity contribution in [3.05, 3.63) is 64.8 Å². The summed E-state index contributed by atoms with van der Waals surface area (Å²) in [5.74, 6) is 1.40. The molecule has 5 nitrogen and oxygen atoms in total. The van der Waals surface area contributed by atoms with Gasteiger partial charge in [0.15, 0.2) is 11.6 Å². The predicted molar refractivity (Wildman–Crippen MR) is 135 cm³/mol. The number of ether oxygens (including phenoxy) is 2. The second-order valence-corrected chi connectivity index (χ2v) is 7.88. The fourth-order valence-corrected chi connectivity index (χ4v) is 3.68. The first-order chi connectivity index (χ1) is 15.5. The number of aryl methyl sites for hydroxylation is 2. The Morgan fingerprint density at radius 3 is 2.64 bits per heavy atom. The highest BCUT2D eigenvalue weighted by molar-refractivity contribution is 8.93. The lowest BCUT2D eigenvalue weighted by Gasteiger charge is -2.12. The first-order valence-corrected chi connectivity index (χ1v) is 11.3. The van der Waals surface area contributed by atoms with Crippen molar-refractivity contribution in [1.82, 2.24) is 10.3 Å². The minimum Gasteiger partial charge on any atom is -0.496 e. The summed E-state index contributed by atoms with van der Waals surface area (Å²) in [5.41, 5.74) is 4.83. The van der Waals surface area contributed by atoms with E-state index in [9.17, 15) is 4.39 Å². The summed E-state index contributed by atoms with van der Waals surface area (Å²) in [6, 6.07) is 9.18. The molecular formula is C26H34BrFN2O3. The molecule has 0 aliphatic heterocycles. The molecule has 0 saturated carbocycles. The molecule has 0 amide bonds. The molecule has 0 unspecified atom stereocenters. The molecule has 0 radical (unpaired) electrons. The molecule has 0 saturated heterocycles. The first kappa shape index (κ1) is 26.9. The van der Waals surface area contributed by atoms with Gasteiger partial charge in [-0.15, -0.1) is 17.0 Å². The third-order valence-electron chi connectivity index (χ3n) is 5.35. The van der Waals surface area contributed by atoms with Gasteiger partial charge in [0.2, 0.25) is 5.89 Å². The molecule has 0 aliphatic carbocycles. The van der Waals surface area contributed by atoms with Crippen molar-refractivity contribution in [3.8, 4) is 23.0 Å². The minimum absolute atomic E-state index is 0. The van der Waals surface area contributed by atoms with Crippen molar-refractivity contribution < 1.29 is 18.3 Å². The van der Waals surface area contributed by atoms with Crippen molar-refractivity contribution in [2.75, 3.05) is 20.3 Å². The number of hydrogen-bond donors (Lipinski definition) is 1. The summed E-state index contributed by atoms with van der Waals surface area (Å²) in [6.45, 7) is 8.03. The van der Waals surface area contributed by atoms with Gasteiger partial charge in [0, 0.05) is 18.5 Å². The van der Waals surface area contributed by atoms with E-state index in [0.29, 0.717) is 25.5 Å². The Kier molecular flexibility index (Phi) is 10.9. The molecule has 3 aromatic rings. The number of hydrogen-bond acceptors (Lipinski definition) is 5. The molecule has 7 heteroatoms. The van der Waals surface area contributed by atoms with Crippen molar-refractivity contribution in [2.24, 2.45) is 0 Å². The highest BCUT2D eigenvalue weighted by Gasteiger charge is 2.14. The third kappa shape index (κ3) is 7.30. The SMILES string of the molecule is Br.CCCCc1cc(-c2nc(CCOc3ccc(CNCC)cc3F)co2)cc(C)c1OC. The average molecular weight is 521 g/mol. The van der Waals surface area contributed by atoms with Crippen LogP contribution in [0.5, 0.6) is 11.5 Å². The zero-order valence-electron chi connectivity index (χ0n) is 19.9. The van der Waals surface area contributed by atoms with Crippen LogP contribution in [0.25, 0.3) is 11.5 Å². The molecule has 0 spiro atoms. The Hall–Kier alpha value is -2.38. The monoisotopic (exact) mass is 520 g/mol. The number of rotatable bonds is 12. The van der Waals surface area contributed by atoms with E-state index in [1.54, 1.807) is 19.4 Å². The third-order valence-corrected chi connectivity index (χ3v) is 5.35. The fourth-order valence-electron chi connectivity index (χ4n) is 3.68. The van der Waals surface area contributed by atoms with Crippen LogP contribution in [-0.2, 0) is 19.4 Å². The maximum atomic E-state index is 14.3. The molecule has 0 aliphatic rings. The summed E-state index contributed by atoms with van der Waals surface area (Å²) in [5, 5.41) is 3.18.